The summed E-state index contributed by atoms with van der Waals surface area (Å²) in [5.74, 6) is -0.540. The molecule has 0 fully saturated rings. The van der Waals surface area contributed by atoms with Crippen molar-refractivity contribution < 1.29 is 17.2 Å². The van der Waals surface area contributed by atoms with Crippen molar-refractivity contribution in [2.75, 3.05) is 18.4 Å². The van der Waals surface area contributed by atoms with Crippen LogP contribution in [-0.2, 0) is 10.0 Å². The van der Waals surface area contributed by atoms with Gasteiger partial charge in [0.1, 0.15) is 17.3 Å². The summed E-state index contributed by atoms with van der Waals surface area (Å²) in [6.45, 7) is 0.282. The second-order valence-electron chi connectivity index (χ2n) is 7.42. The molecular weight excluding hydrogens is 494 g/mol. The zero-order valence-electron chi connectivity index (χ0n) is 18.0. The first-order chi connectivity index (χ1) is 16.9. The maximum Gasteiger partial charge on any atom is 0.240 e. The minimum Gasteiger partial charge on any atom is -0.353 e. The van der Waals surface area contributed by atoms with Crippen molar-refractivity contribution in [3.63, 3.8) is 0 Å². The fraction of sp³-hybridized carbons (Fsp3) is 0.0870. The van der Waals surface area contributed by atoms with Crippen molar-refractivity contribution >= 4 is 32.3 Å². The molecule has 12 heteroatoms. The molecule has 8 nitrogen and oxygen atoms in total. The standard InChI is InChI=1S/C23H18F2N6O2S2/c24-16-3-1-15(2-4-16)20-21(31-13-14-34-23(31)30-20)19-9-10-26-22(29-19)27-11-12-28-35(32,33)18-7-5-17(25)6-8-18/h1-10,13-14,28H,11-12H2,(H,26,27,29). The Labute approximate surface area is 203 Å². The lowest BCUT2D eigenvalue weighted by atomic mass is 10.1. The Kier molecular flexibility index (Phi) is 6.24. The van der Waals surface area contributed by atoms with Crippen LogP contribution in [0, 0.1) is 11.6 Å². The molecule has 2 N–H and O–H groups in total. The molecule has 0 aliphatic heterocycles. The normalized spacial score (nSPS) is 11.7. The van der Waals surface area contributed by atoms with Crippen molar-refractivity contribution in [3.05, 3.63) is 84.0 Å². The number of nitrogens with zero attached hydrogens (tertiary/aromatic N) is 4. The molecule has 0 radical (unpaired) electrons. The fourth-order valence-electron chi connectivity index (χ4n) is 3.47. The van der Waals surface area contributed by atoms with Crippen LogP contribution in [0.25, 0.3) is 27.6 Å². The van der Waals surface area contributed by atoms with Gasteiger partial charge in [0.05, 0.1) is 16.3 Å². The van der Waals surface area contributed by atoms with Crippen LogP contribution in [0.15, 0.2) is 77.3 Å². The van der Waals surface area contributed by atoms with E-state index < -0.39 is 15.8 Å². The largest absolute Gasteiger partial charge is 0.353 e. The second-order valence-corrected chi connectivity index (χ2v) is 10.1. The molecule has 5 aromatic rings. The fourth-order valence-corrected chi connectivity index (χ4v) is 5.22. The smallest absolute Gasteiger partial charge is 0.240 e. The lowest BCUT2D eigenvalue weighted by molar-refractivity contribution is 0.582. The Balaban J connectivity index is 1.33. The first-order valence-electron chi connectivity index (χ1n) is 10.4. The number of fused-ring (bicyclic) bond motifs is 1. The van der Waals surface area contributed by atoms with Crippen LogP contribution in [0.5, 0.6) is 0 Å². The van der Waals surface area contributed by atoms with Crippen LogP contribution < -0.4 is 10.0 Å². The number of sulfonamides is 1. The summed E-state index contributed by atoms with van der Waals surface area (Å²) < 4.78 is 55.5. The van der Waals surface area contributed by atoms with Gasteiger partial charge in [-0.05, 0) is 54.6 Å². The lowest BCUT2D eigenvalue weighted by Gasteiger charge is -2.09. The molecule has 0 amide bonds. The maximum absolute atomic E-state index is 13.4. The summed E-state index contributed by atoms with van der Waals surface area (Å²) in [6, 6.07) is 12.4. The monoisotopic (exact) mass is 512 g/mol. The van der Waals surface area contributed by atoms with Gasteiger partial charge in [-0.2, -0.15) is 0 Å². The predicted molar refractivity (Wildman–Crippen MR) is 130 cm³/mol. The van der Waals surface area contributed by atoms with Gasteiger partial charge in [0, 0.05) is 36.4 Å². The number of halogens is 2. The number of nitrogens with one attached hydrogen (secondary N) is 2. The van der Waals surface area contributed by atoms with E-state index in [0.29, 0.717) is 17.3 Å². The number of hydrogen-bond donors (Lipinski definition) is 2. The zero-order valence-corrected chi connectivity index (χ0v) is 19.7. The third-order valence-corrected chi connectivity index (χ3v) is 7.34. The van der Waals surface area contributed by atoms with Gasteiger partial charge in [-0.15, -0.1) is 11.3 Å². The minimum atomic E-state index is -3.77. The van der Waals surface area contributed by atoms with Crippen molar-refractivity contribution in [2.24, 2.45) is 0 Å². The molecule has 178 valence electrons. The SMILES string of the molecule is O=S(=O)(NCCNc1nccc(-c2c(-c3ccc(F)cc3)nc3sccn23)n1)c1ccc(F)cc1. The summed E-state index contributed by atoms with van der Waals surface area (Å²) >= 11 is 1.47. The van der Waals surface area contributed by atoms with Crippen LogP contribution >= 0.6 is 11.3 Å². The van der Waals surface area contributed by atoms with Crippen LogP contribution in [0.3, 0.4) is 0 Å². The molecule has 2 aromatic carbocycles. The average Bonchev–Trinajstić information content (AvgIpc) is 3.44. The molecular formula is C23H18F2N6O2S2. The molecule has 35 heavy (non-hydrogen) atoms. The van der Waals surface area contributed by atoms with Gasteiger partial charge in [0.15, 0.2) is 4.96 Å². The van der Waals surface area contributed by atoms with Crippen molar-refractivity contribution in [1.82, 2.24) is 24.1 Å². The zero-order chi connectivity index (χ0) is 24.4. The van der Waals surface area contributed by atoms with E-state index in [1.54, 1.807) is 24.4 Å². The van der Waals surface area contributed by atoms with Crippen molar-refractivity contribution in [2.45, 2.75) is 4.90 Å². The molecule has 0 atom stereocenters. The summed E-state index contributed by atoms with van der Waals surface area (Å²) in [5.41, 5.74) is 2.74. The Morgan fingerprint density at radius 3 is 2.37 bits per heavy atom. The number of rotatable bonds is 8. The molecule has 3 heterocycles. The molecule has 0 bridgehead atoms. The topological polar surface area (TPSA) is 101 Å². The third-order valence-electron chi connectivity index (χ3n) is 5.10. The van der Waals surface area contributed by atoms with Crippen LogP contribution in [0.2, 0.25) is 0 Å². The number of anilines is 1. The van der Waals surface area contributed by atoms with Gasteiger partial charge < -0.3 is 5.32 Å². The molecule has 0 unspecified atom stereocenters. The van der Waals surface area contributed by atoms with E-state index in [1.165, 1.54) is 35.6 Å². The quantitative estimate of drug-likeness (QED) is 0.303. The highest BCUT2D eigenvalue weighted by Crippen LogP contribution is 2.33. The van der Waals surface area contributed by atoms with E-state index in [9.17, 15) is 17.2 Å². The van der Waals surface area contributed by atoms with E-state index in [1.807, 2.05) is 16.0 Å². The molecule has 0 spiro atoms. The Morgan fingerprint density at radius 2 is 1.63 bits per heavy atom. The summed E-state index contributed by atoms with van der Waals surface area (Å²) in [4.78, 5) is 14.2. The summed E-state index contributed by atoms with van der Waals surface area (Å²) in [6.07, 6.45) is 3.47. The molecule has 0 saturated carbocycles. The third kappa shape index (κ3) is 4.90. The average molecular weight is 513 g/mol. The first-order valence-corrected chi connectivity index (χ1v) is 12.8. The number of imidazole rings is 1. The number of aromatic nitrogens is 4. The van der Waals surface area contributed by atoms with Crippen molar-refractivity contribution in [3.8, 4) is 22.6 Å². The highest BCUT2D eigenvalue weighted by atomic mass is 32.2. The lowest BCUT2D eigenvalue weighted by Crippen LogP contribution is -2.29. The molecule has 0 aliphatic rings. The van der Waals surface area contributed by atoms with E-state index in [2.05, 4.69) is 20.0 Å². The van der Waals surface area contributed by atoms with Gasteiger partial charge in [0.25, 0.3) is 0 Å². The highest BCUT2D eigenvalue weighted by Gasteiger charge is 2.19. The Bertz CT molecular complexity index is 1580. The van der Waals surface area contributed by atoms with E-state index in [4.69, 9.17) is 4.98 Å². The molecule has 0 aliphatic carbocycles. The van der Waals surface area contributed by atoms with E-state index in [-0.39, 0.29) is 23.8 Å². The summed E-state index contributed by atoms with van der Waals surface area (Å²) in [7, 11) is -3.77. The highest BCUT2D eigenvalue weighted by molar-refractivity contribution is 7.89. The van der Waals surface area contributed by atoms with Gasteiger partial charge >= 0.3 is 0 Å². The second kappa shape index (κ2) is 9.49. The number of hydrogen-bond acceptors (Lipinski definition) is 7. The minimum absolute atomic E-state index is 0.0222. The molecule has 3 aromatic heterocycles. The Morgan fingerprint density at radius 1 is 0.914 bits per heavy atom. The Hall–Kier alpha value is -3.74. The van der Waals surface area contributed by atoms with E-state index in [0.717, 1.165) is 28.4 Å². The summed E-state index contributed by atoms with van der Waals surface area (Å²) in [5, 5.41) is 4.91. The number of thiazole rings is 1. The van der Waals surface area contributed by atoms with Crippen LogP contribution in [0.1, 0.15) is 0 Å². The van der Waals surface area contributed by atoms with Crippen LogP contribution in [0.4, 0.5) is 14.7 Å². The van der Waals surface area contributed by atoms with Gasteiger partial charge in [0.2, 0.25) is 16.0 Å². The van der Waals surface area contributed by atoms with Gasteiger partial charge in [-0.25, -0.2) is 36.9 Å². The van der Waals surface area contributed by atoms with Crippen molar-refractivity contribution in [1.29, 1.82) is 0 Å². The van der Waals surface area contributed by atoms with E-state index >= 15 is 0 Å². The first kappa shape index (κ1) is 23.0. The van der Waals surface area contributed by atoms with Crippen LogP contribution in [-0.4, -0.2) is 40.9 Å². The molecule has 0 saturated heterocycles. The maximum atomic E-state index is 13.4. The molecule has 5 rings (SSSR count). The van der Waals surface area contributed by atoms with Gasteiger partial charge in [-0.3, -0.25) is 4.40 Å². The predicted octanol–water partition coefficient (Wildman–Crippen LogP) is 4.19. The number of benzene rings is 2. The van der Waals surface area contributed by atoms with Gasteiger partial charge in [-0.1, -0.05) is 0 Å².